The molecule has 2 nitrogen and oxygen atoms in total. The van der Waals surface area contributed by atoms with E-state index in [4.69, 9.17) is 4.42 Å². The van der Waals surface area contributed by atoms with Gasteiger partial charge in [0.25, 0.3) is 0 Å². The summed E-state index contributed by atoms with van der Waals surface area (Å²) >= 11 is 0. The lowest BCUT2D eigenvalue weighted by molar-refractivity contribution is 0.660. The summed E-state index contributed by atoms with van der Waals surface area (Å²) < 4.78 is 6.55. The minimum absolute atomic E-state index is 0.140. The molecule has 0 spiro atoms. The van der Waals surface area contributed by atoms with Crippen molar-refractivity contribution in [3.05, 3.63) is 270 Å². The molecule has 2 aliphatic carbocycles. The molecule has 0 saturated carbocycles. The molecule has 0 amide bonds. The molecule has 66 heavy (non-hydrogen) atoms. The fourth-order valence-electron chi connectivity index (χ4n) is 11.5. The molecule has 312 valence electrons. The Hall–Kier alpha value is -8.20. The predicted octanol–water partition coefficient (Wildman–Crippen LogP) is 17.1. The van der Waals surface area contributed by atoms with Gasteiger partial charge >= 0.3 is 0 Å². The summed E-state index contributed by atoms with van der Waals surface area (Å²) in [6, 6.07) is 87.1. The van der Waals surface area contributed by atoms with Gasteiger partial charge in [-0.1, -0.05) is 214 Å². The van der Waals surface area contributed by atoms with Crippen LogP contribution in [0.2, 0.25) is 0 Å². The molecule has 13 rings (SSSR count). The van der Waals surface area contributed by atoms with E-state index < -0.39 is 5.41 Å². The molecule has 0 aliphatic heterocycles. The first-order chi connectivity index (χ1) is 32.5. The summed E-state index contributed by atoms with van der Waals surface area (Å²) in [5, 5.41) is 2.27. The van der Waals surface area contributed by atoms with Crippen LogP contribution >= 0.6 is 0 Å². The van der Waals surface area contributed by atoms with Crippen molar-refractivity contribution in [3.8, 4) is 44.5 Å². The van der Waals surface area contributed by atoms with E-state index in [0.717, 1.165) is 50.1 Å². The van der Waals surface area contributed by atoms with Crippen molar-refractivity contribution in [2.45, 2.75) is 24.7 Å². The Balaban J connectivity index is 1.04. The molecule has 1 atom stereocenters. The van der Waals surface area contributed by atoms with Crippen LogP contribution in [-0.2, 0) is 10.8 Å². The molecule has 0 radical (unpaired) electrons. The van der Waals surface area contributed by atoms with Gasteiger partial charge in [-0.3, -0.25) is 0 Å². The van der Waals surface area contributed by atoms with E-state index in [9.17, 15) is 0 Å². The number of hydrogen-bond acceptors (Lipinski definition) is 2. The third kappa shape index (κ3) is 5.55. The molecule has 2 heteroatoms. The van der Waals surface area contributed by atoms with E-state index >= 15 is 0 Å². The molecule has 10 aromatic carbocycles. The number of rotatable bonds is 7. The van der Waals surface area contributed by atoms with Gasteiger partial charge in [-0.15, -0.1) is 0 Å². The molecule has 0 N–H and O–H groups in total. The average Bonchev–Trinajstić information content (AvgIpc) is 3.99. The first-order valence-electron chi connectivity index (χ1n) is 23.0. The molecular formula is C64H45NO. The quantitative estimate of drug-likeness (QED) is 0.159. The lowest BCUT2D eigenvalue weighted by Crippen LogP contribution is -2.28. The lowest BCUT2D eigenvalue weighted by Gasteiger charge is -2.35. The summed E-state index contributed by atoms with van der Waals surface area (Å²) in [7, 11) is 0. The Morgan fingerprint density at radius 2 is 0.924 bits per heavy atom. The normalized spacial score (nSPS) is 15.3. The van der Waals surface area contributed by atoms with Gasteiger partial charge in [-0.05, 0) is 103 Å². The smallest absolute Gasteiger partial charge is 0.143 e. The average molecular weight is 844 g/mol. The van der Waals surface area contributed by atoms with Crippen LogP contribution in [0, 0.1) is 0 Å². The monoisotopic (exact) mass is 843 g/mol. The van der Waals surface area contributed by atoms with Crippen molar-refractivity contribution in [1.82, 2.24) is 0 Å². The van der Waals surface area contributed by atoms with Crippen molar-refractivity contribution >= 4 is 39.0 Å². The minimum Gasteiger partial charge on any atom is -0.455 e. The maximum Gasteiger partial charge on any atom is 0.143 e. The van der Waals surface area contributed by atoms with Gasteiger partial charge in [0.05, 0.1) is 11.1 Å². The second-order valence-corrected chi connectivity index (χ2v) is 18.4. The molecule has 1 aromatic heterocycles. The van der Waals surface area contributed by atoms with Gasteiger partial charge < -0.3 is 9.32 Å². The molecule has 0 fully saturated rings. The van der Waals surface area contributed by atoms with E-state index in [1.165, 1.54) is 66.8 Å². The van der Waals surface area contributed by atoms with E-state index in [0.29, 0.717) is 0 Å². The predicted molar refractivity (Wildman–Crippen MR) is 274 cm³/mol. The van der Waals surface area contributed by atoms with Crippen LogP contribution in [0.3, 0.4) is 0 Å². The summed E-state index contributed by atoms with van der Waals surface area (Å²) in [6.07, 6.45) is 0. The van der Waals surface area contributed by atoms with Gasteiger partial charge in [0.1, 0.15) is 11.2 Å². The number of anilines is 3. The third-order valence-electron chi connectivity index (χ3n) is 14.6. The first-order valence-corrected chi connectivity index (χ1v) is 23.0. The van der Waals surface area contributed by atoms with E-state index in [-0.39, 0.29) is 5.41 Å². The van der Waals surface area contributed by atoms with E-state index in [1.807, 2.05) is 6.07 Å². The minimum atomic E-state index is -0.634. The first kappa shape index (κ1) is 38.3. The van der Waals surface area contributed by atoms with Gasteiger partial charge in [-0.2, -0.15) is 0 Å². The highest BCUT2D eigenvalue weighted by Gasteiger charge is 2.47. The Morgan fingerprint density at radius 3 is 1.70 bits per heavy atom. The molecule has 1 heterocycles. The molecular weight excluding hydrogens is 799 g/mol. The molecule has 0 bridgehead atoms. The van der Waals surface area contributed by atoms with Crippen molar-refractivity contribution in [2.75, 3.05) is 4.90 Å². The molecule has 0 saturated heterocycles. The zero-order chi connectivity index (χ0) is 44.0. The van der Waals surface area contributed by atoms with Gasteiger partial charge in [0.15, 0.2) is 0 Å². The van der Waals surface area contributed by atoms with Crippen molar-refractivity contribution in [2.24, 2.45) is 0 Å². The van der Waals surface area contributed by atoms with Crippen LogP contribution in [0.25, 0.3) is 66.4 Å². The fourth-order valence-corrected chi connectivity index (χ4v) is 11.5. The molecule has 2 aliphatic rings. The highest BCUT2D eigenvalue weighted by Crippen LogP contribution is 2.60. The number of hydrogen-bond donors (Lipinski definition) is 0. The van der Waals surface area contributed by atoms with Crippen LogP contribution in [0.5, 0.6) is 0 Å². The second-order valence-electron chi connectivity index (χ2n) is 18.4. The zero-order valence-corrected chi connectivity index (χ0v) is 36.9. The molecule has 1 unspecified atom stereocenters. The summed E-state index contributed by atoms with van der Waals surface area (Å²) in [6.45, 7) is 4.73. The number of fused-ring (bicyclic) bond motifs is 9. The number of benzene rings is 10. The topological polar surface area (TPSA) is 16.4 Å². The SMILES string of the molecule is CC1(C)c2ccccc2-c2ccc(N(c3ccccc3)c3cccc4c3-c3ccccc3C4(c3ccc(-c4ccccc4)cc3)c3ccc(-c4cccc5c4oc4ccccc45)cc3)cc21. The van der Waals surface area contributed by atoms with Crippen LogP contribution in [-0.4, -0.2) is 0 Å². The molecule has 11 aromatic rings. The second kappa shape index (κ2) is 14.7. The van der Waals surface area contributed by atoms with Crippen LogP contribution < -0.4 is 4.90 Å². The number of nitrogens with zero attached hydrogens (tertiary/aromatic N) is 1. The van der Waals surface area contributed by atoms with Gasteiger partial charge in [0.2, 0.25) is 0 Å². The maximum atomic E-state index is 6.55. The Bertz CT molecular complexity index is 3660. The maximum absolute atomic E-state index is 6.55. The van der Waals surface area contributed by atoms with Gasteiger partial charge in [0, 0.05) is 38.7 Å². The van der Waals surface area contributed by atoms with E-state index in [2.05, 4.69) is 249 Å². The van der Waals surface area contributed by atoms with Crippen molar-refractivity contribution < 1.29 is 4.42 Å². The highest BCUT2D eigenvalue weighted by molar-refractivity contribution is 6.09. The lowest BCUT2D eigenvalue weighted by atomic mass is 9.67. The summed E-state index contributed by atoms with van der Waals surface area (Å²) in [5.74, 6) is 0. The third-order valence-corrected chi connectivity index (χ3v) is 14.6. The van der Waals surface area contributed by atoms with Crippen LogP contribution in [0.1, 0.15) is 47.2 Å². The summed E-state index contributed by atoms with van der Waals surface area (Å²) in [4.78, 5) is 2.49. The van der Waals surface area contributed by atoms with Gasteiger partial charge in [-0.25, -0.2) is 0 Å². The highest BCUT2D eigenvalue weighted by atomic mass is 16.3. The van der Waals surface area contributed by atoms with Crippen LogP contribution in [0.15, 0.2) is 241 Å². The number of furan rings is 1. The number of para-hydroxylation sites is 3. The zero-order valence-electron chi connectivity index (χ0n) is 36.9. The standard InChI is InChI=1S/C64H45NO/c1-63(2)55-26-12-9-21-50(55)51-40-39-48(41-58(51)63)65(47-19-7-4-8-20-47)59-29-16-28-57-61(59)54-23-10-13-27-56(54)64(57,45-35-31-43(32-36-45)42-17-5-3-6-18-42)46-37-33-44(34-38-46)49-24-15-25-53-52-22-11-14-30-60(52)66-62(49)53/h3-41H,1-2H3. The fraction of sp³-hybridized carbons (Fsp3) is 0.0625. The van der Waals surface area contributed by atoms with Crippen molar-refractivity contribution in [3.63, 3.8) is 0 Å². The Labute approximate surface area is 385 Å². The van der Waals surface area contributed by atoms with Crippen LogP contribution in [0.4, 0.5) is 17.1 Å². The van der Waals surface area contributed by atoms with Crippen molar-refractivity contribution in [1.29, 1.82) is 0 Å². The largest absolute Gasteiger partial charge is 0.455 e. The Morgan fingerprint density at radius 1 is 0.364 bits per heavy atom. The summed E-state index contributed by atoms with van der Waals surface area (Å²) in [5.41, 5.74) is 21.9. The van der Waals surface area contributed by atoms with E-state index in [1.54, 1.807) is 0 Å². The Kier molecular flexibility index (Phi) is 8.51.